The predicted octanol–water partition coefficient (Wildman–Crippen LogP) is -2.66. The summed E-state index contributed by atoms with van der Waals surface area (Å²) >= 11 is 0. The van der Waals surface area contributed by atoms with Crippen LogP contribution in [0, 0.1) is 0 Å². The smallest absolute Gasteiger partial charge is 0.349 e. The highest BCUT2D eigenvalue weighted by Gasteiger charge is 2.49. The van der Waals surface area contributed by atoms with Crippen molar-refractivity contribution in [2.24, 2.45) is 5.73 Å². The van der Waals surface area contributed by atoms with Crippen molar-refractivity contribution >= 4 is 47.8 Å². The van der Waals surface area contributed by atoms with Crippen LogP contribution in [0.3, 0.4) is 0 Å². The average molecular weight is 481 g/mol. The number of hydrogen-bond donors (Lipinski definition) is 7. The summed E-state index contributed by atoms with van der Waals surface area (Å²) in [5.74, 6) is -15.3. The maximum atomic E-state index is 12.1. The van der Waals surface area contributed by atoms with Crippen molar-refractivity contribution in [2.45, 2.75) is 49.3 Å². The molecule has 0 saturated carbocycles. The number of carboxylic acids is 6. The third-order valence-electron chi connectivity index (χ3n) is 3.82. The van der Waals surface area contributed by atoms with Gasteiger partial charge in [-0.3, -0.25) is 28.8 Å². The van der Waals surface area contributed by atoms with E-state index in [-0.39, 0.29) is 0 Å². The van der Waals surface area contributed by atoms with Gasteiger partial charge in [0.2, 0.25) is 11.2 Å². The lowest BCUT2D eigenvalue weighted by Crippen LogP contribution is -2.51. The van der Waals surface area contributed by atoms with E-state index < -0.39 is 97.1 Å². The molecule has 0 aromatic heterocycles. The first kappa shape index (κ1) is 28.7. The van der Waals surface area contributed by atoms with E-state index in [9.17, 15) is 48.6 Å². The molecule has 0 heterocycles. The second kappa shape index (κ2) is 11.4. The number of carbonyl (C=O) groups excluding carboxylic acids is 2. The highest BCUT2D eigenvalue weighted by atomic mass is 16.6. The number of ether oxygens (including phenoxy) is 2. The molecule has 0 aliphatic carbocycles. The van der Waals surface area contributed by atoms with E-state index >= 15 is 0 Å². The van der Waals surface area contributed by atoms with Gasteiger partial charge >= 0.3 is 47.8 Å². The first-order valence-corrected chi connectivity index (χ1v) is 8.50. The summed E-state index contributed by atoms with van der Waals surface area (Å²) < 4.78 is 8.91. The van der Waals surface area contributed by atoms with Crippen LogP contribution in [0.2, 0.25) is 0 Å². The van der Waals surface area contributed by atoms with E-state index in [4.69, 9.17) is 26.2 Å². The zero-order chi connectivity index (χ0) is 26.1. The molecule has 0 spiro atoms. The minimum absolute atomic E-state index is 1.30. The molecule has 0 bridgehead atoms. The van der Waals surface area contributed by atoms with E-state index in [0.717, 1.165) is 0 Å². The first-order valence-electron chi connectivity index (χ1n) is 8.50. The van der Waals surface area contributed by atoms with Crippen LogP contribution in [0.25, 0.3) is 0 Å². The quantitative estimate of drug-likeness (QED) is 0.117. The van der Waals surface area contributed by atoms with Crippen LogP contribution in [0.4, 0.5) is 0 Å². The third-order valence-corrected chi connectivity index (χ3v) is 3.82. The topological polar surface area (TPSA) is 302 Å². The van der Waals surface area contributed by atoms with Crippen LogP contribution in [-0.4, -0.2) is 95.6 Å². The van der Waals surface area contributed by atoms with Gasteiger partial charge in [-0.15, -0.1) is 0 Å². The summed E-state index contributed by atoms with van der Waals surface area (Å²) in [5.41, 5.74) is -0.864. The Balaban J connectivity index is 5.69. The standard InChI is InChI=1S/C16H19NO16/c17-6(12(27)33-16(14(30)31,4-9(22)23)5-10(24)25)1-11(26)32-15(13(28)29,2-7(18)19)3-8(20)21/h6H,1-5,17H2,(H,18,19)(H,20,21)(H,22,23)(H,24,25)(H,28,29)(H,30,31)/t6-/m0/s1. The minimum atomic E-state index is -3.12. The number of carbonyl (C=O) groups is 8. The van der Waals surface area contributed by atoms with Crippen LogP contribution >= 0.6 is 0 Å². The molecule has 0 saturated heterocycles. The summed E-state index contributed by atoms with van der Waals surface area (Å²) in [6.45, 7) is 0. The molecule has 8 N–H and O–H groups in total. The summed E-state index contributed by atoms with van der Waals surface area (Å²) in [5, 5.41) is 53.7. The Morgan fingerprint density at radius 1 is 0.606 bits per heavy atom. The molecule has 0 aromatic carbocycles. The monoisotopic (exact) mass is 481 g/mol. The van der Waals surface area contributed by atoms with Crippen molar-refractivity contribution in [3.8, 4) is 0 Å². The van der Waals surface area contributed by atoms with Gasteiger partial charge in [0.1, 0.15) is 6.04 Å². The molecule has 184 valence electrons. The van der Waals surface area contributed by atoms with Gasteiger partial charge in [0.25, 0.3) is 0 Å². The minimum Gasteiger partial charge on any atom is -0.481 e. The van der Waals surface area contributed by atoms with Crippen LogP contribution in [0.1, 0.15) is 32.1 Å². The second-order valence-corrected chi connectivity index (χ2v) is 6.59. The number of rotatable bonds is 15. The molecule has 33 heavy (non-hydrogen) atoms. The molecular weight excluding hydrogens is 462 g/mol. The zero-order valence-electron chi connectivity index (χ0n) is 16.5. The van der Waals surface area contributed by atoms with Gasteiger partial charge < -0.3 is 45.8 Å². The van der Waals surface area contributed by atoms with Gasteiger partial charge in [-0.2, -0.15) is 0 Å². The molecule has 0 unspecified atom stereocenters. The third kappa shape index (κ3) is 8.77. The SMILES string of the molecule is N[C@@H](CC(=O)OC(CC(=O)O)(CC(=O)O)C(=O)O)C(=O)OC(CC(=O)O)(CC(=O)O)C(=O)O. The molecular formula is C16H19NO16. The van der Waals surface area contributed by atoms with Gasteiger partial charge in [0, 0.05) is 0 Å². The Kier molecular flexibility index (Phi) is 9.90. The largest absolute Gasteiger partial charge is 0.481 e. The molecule has 0 rings (SSSR count). The summed E-state index contributed by atoms with van der Waals surface area (Å²) in [6, 6.07) is -2.17. The summed E-state index contributed by atoms with van der Waals surface area (Å²) in [6.07, 6.45) is -7.28. The molecule has 0 aliphatic heterocycles. The highest BCUT2D eigenvalue weighted by molar-refractivity contribution is 5.93. The van der Waals surface area contributed by atoms with Gasteiger partial charge in [-0.1, -0.05) is 0 Å². The normalized spacial score (nSPS) is 12.2. The lowest BCUT2D eigenvalue weighted by molar-refractivity contribution is -0.190. The van der Waals surface area contributed by atoms with E-state index in [2.05, 4.69) is 9.47 Å². The number of esters is 2. The van der Waals surface area contributed by atoms with Gasteiger partial charge in [-0.05, 0) is 0 Å². The van der Waals surface area contributed by atoms with E-state index in [1.165, 1.54) is 0 Å². The van der Waals surface area contributed by atoms with Crippen molar-refractivity contribution < 1.29 is 78.5 Å². The fourth-order valence-electron chi connectivity index (χ4n) is 2.43. The maximum absolute atomic E-state index is 12.1. The van der Waals surface area contributed by atoms with Crippen molar-refractivity contribution in [1.82, 2.24) is 0 Å². The second-order valence-electron chi connectivity index (χ2n) is 6.59. The average Bonchev–Trinajstić information content (AvgIpc) is 2.58. The van der Waals surface area contributed by atoms with Crippen LogP contribution in [-0.2, 0) is 47.8 Å². The lowest BCUT2D eigenvalue weighted by atomic mass is 9.94. The van der Waals surface area contributed by atoms with Crippen LogP contribution < -0.4 is 5.73 Å². The molecule has 1 atom stereocenters. The molecule has 0 radical (unpaired) electrons. The fourth-order valence-corrected chi connectivity index (χ4v) is 2.43. The van der Waals surface area contributed by atoms with E-state index in [1.54, 1.807) is 0 Å². The number of nitrogens with two attached hydrogens (primary N) is 1. The van der Waals surface area contributed by atoms with E-state index in [1.807, 2.05) is 0 Å². The van der Waals surface area contributed by atoms with Crippen molar-refractivity contribution in [3.05, 3.63) is 0 Å². The fraction of sp³-hybridized carbons (Fsp3) is 0.500. The molecule has 0 amide bonds. The highest BCUT2D eigenvalue weighted by Crippen LogP contribution is 2.25. The van der Waals surface area contributed by atoms with Gasteiger partial charge in [-0.25, -0.2) is 9.59 Å². The van der Waals surface area contributed by atoms with Crippen molar-refractivity contribution in [2.75, 3.05) is 0 Å². The first-order chi connectivity index (χ1) is 15.0. The Bertz CT molecular complexity index is 829. The lowest BCUT2D eigenvalue weighted by Gasteiger charge is -2.28. The molecule has 17 heteroatoms. The molecule has 0 aromatic rings. The summed E-state index contributed by atoms with van der Waals surface area (Å²) in [4.78, 5) is 90.6. The predicted molar refractivity (Wildman–Crippen MR) is 94.5 cm³/mol. The van der Waals surface area contributed by atoms with E-state index in [0.29, 0.717) is 0 Å². The number of hydrogen-bond acceptors (Lipinski definition) is 11. The Labute approximate surface area is 182 Å². The molecule has 0 fully saturated rings. The molecule has 0 aliphatic rings. The summed E-state index contributed by atoms with van der Waals surface area (Å²) in [7, 11) is 0. The van der Waals surface area contributed by atoms with Gasteiger partial charge in [0.05, 0.1) is 32.1 Å². The zero-order valence-corrected chi connectivity index (χ0v) is 16.5. The Morgan fingerprint density at radius 3 is 1.18 bits per heavy atom. The van der Waals surface area contributed by atoms with Crippen molar-refractivity contribution in [3.63, 3.8) is 0 Å². The van der Waals surface area contributed by atoms with Gasteiger partial charge in [0.15, 0.2) is 0 Å². The van der Waals surface area contributed by atoms with Crippen LogP contribution in [0.5, 0.6) is 0 Å². The Morgan fingerprint density at radius 2 is 0.909 bits per heavy atom. The van der Waals surface area contributed by atoms with Crippen molar-refractivity contribution in [1.29, 1.82) is 0 Å². The molecule has 17 nitrogen and oxygen atoms in total. The number of carboxylic acid groups (broad SMARTS) is 6. The maximum Gasteiger partial charge on any atom is 0.349 e. The van der Waals surface area contributed by atoms with Crippen LogP contribution in [0.15, 0.2) is 0 Å². The number of aliphatic carboxylic acids is 6. The Hall–Kier alpha value is -4.28.